The quantitative estimate of drug-likeness (QED) is 0.532. The molecule has 84 valence electrons. The lowest BCUT2D eigenvalue weighted by atomic mass is 10.4. The van der Waals surface area contributed by atoms with Crippen LogP contribution >= 0.6 is 16.5 Å². The average Bonchev–Trinajstić information content (AvgIpc) is 2.15. The van der Waals surface area contributed by atoms with Gasteiger partial charge in [0.05, 0.1) is 0 Å². The van der Waals surface area contributed by atoms with Crippen molar-refractivity contribution in [1.82, 2.24) is 0 Å². The fraction of sp³-hybridized carbons (Fsp3) is 1.00. The van der Waals surface area contributed by atoms with Gasteiger partial charge in [-0.05, 0) is 20.5 Å². The Morgan fingerprint density at radius 2 is 1.57 bits per heavy atom. The number of aliphatic hydroxyl groups excluding tert-OH is 4. The van der Waals surface area contributed by atoms with E-state index in [-0.39, 0.29) is 8.58 Å². The van der Waals surface area contributed by atoms with Gasteiger partial charge in [0.1, 0.15) is 23.4 Å². The molecule has 4 atom stereocenters. The van der Waals surface area contributed by atoms with E-state index in [9.17, 15) is 20.4 Å². The zero-order chi connectivity index (χ0) is 10.7. The van der Waals surface area contributed by atoms with Crippen LogP contribution in [0.1, 0.15) is 19.8 Å². The van der Waals surface area contributed by atoms with Crippen molar-refractivity contribution in [2.45, 2.75) is 43.1 Å². The molecule has 4 unspecified atom stereocenters. The standard InChI is InChI=1S/C8H18O4P2/c1-2-3-4-14-7(11)5(9)13-6(10)8(14)12/h5-13H,2-4H2,1H3. The van der Waals surface area contributed by atoms with E-state index in [0.29, 0.717) is 6.16 Å². The van der Waals surface area contributed by atoms with Crippen molar-refractivity contribution in [3.63, 3.8) is 0 Å². The Labute approximate surface area is 86.9 Å². The summed E-state index contributed by atoms with van der Waals surface area (Å²) in [4.78, 5) is 0. The van der Waals surface area contributed by atoms with E-state index in [4.69, 9.17) is 0 Å². The summed E-state index contributed by atoms with van der Waals surface area (Å²) in [6.45, 7) is 2.03. The lowest BCUT2D eigenvalue weighted by Gasteiger charge is -2.39. The number of unbranched alkanes of at least 4 members (excludes halogenated alkanes) is 1. The fourth-order valence-corrected chi connectivity index (χ4v) is 6.08. The molecular formula is C8H18O4P2. The fourth-order valence-electron chi connectivity index (χ4n) is 1.47. The summed E-state index contributed by atoms with van der Waals surface area (Å²) in [6, 6.07) is 0. The first-order chi connectivity index (χ1) is 6.57. The van der Waals surface area contributed by atoms with Crippen molar-refractivity contribution in [2.24, 2.45) is 0 Å². The highest BCUT2D eigenvalue weighted by Crippen LogP contribution is 2.56. The Morgan fingerprint density at radius 1 is 1.07 bits per heavy atom. The Bertz CT molecular complexity index is 167. The van der Waals surface area contributed by atoms with Gasteiger partial charge in [-0.2, -0.15) is 0 Å². The second-order valence-electron chi connectivity index (χ2n) is 3.47. The van der Waals surface area contributed by atoms with Crippen LogP contribution in [-0.2, 0) is 0 Å². The molecule has 4 nitrogen and oxygen atoms in total. The molecule has 0 amide bonds. The van der Waals surface area contributed by atoms with E-state index in [1.807, 2.05) is 6.92 Å². The molecule has 1 saturated heterocycles. The van der Waals surface area contributed by atoms with E-state index in [1.54, 1.807) is 0 Å². The molecule has 0 aromatic rings. The summed E-state index contributed by atoms with van der Waals surface area (Å²) >= 11 is 0. The Kier molecular flexibility index (Phi) is 5.19. The Morgan fingerprint density at radius 3 is 2.00 bits per heavy atom. The van der Waals surface area contributed by atoms with Crippen LogP contribution in [0.25, 0.3) is 0 Å². The first-order valence-corrected chi connectivity index (χ1v) is 7.64. The van der Waals surface area contributed by atoms with Crippen molar-refractivity contribution in [3.8, 4) is 0 Å². The highest BCUT2D eigenvalue weighted by molar-refractivity contribution is 7.61. The van der Waals surface area contributed by atoms with Crippen molar-refractivity contribution in [3.05, 3.63) is 0 Å². The van der Waals surface area contributed by atoms with Crippen LogP contribution in [-0.4, -0.2) is 50.0 Å². The van der Waals surface area contributed by atoms with E-state index in [2.05, 4.69) is 0 Å². The van der Waals surface area contributed by atoms with Crippen molar-refractivity contribution in [2.75, 3.05) is 6.16 Å². The molecule has 0 aromatic heterocycles. The maximum Gasteiger partial charge on any atom is 0.105 e. The van der Waals surface area contributed by atoms with Crippen LogP contribution in [0.3, 0.4) is 0 Å². The highest BCUT2D eigenvalue weighted by atomic mass is 31.1. The van der Waals surface area contributed by atoms with Gasteiger partial charge in [0.2, 0.25) is 0 Å². The molecule has 0 saturated carbocycles. The molecule has 1 aliphatic rings. The average molecular weight is 240 g/mol. The molecule has 0 aromatic carbocycles. The minimum absolute atomic E-state index is 0.172. The monoisotopic (exact) mass is 240 g/mol. The lowest BCUT2D eigenvalue weighted by Crippen LogP contribution is -2.37. The number of aliphatic hydroxyl groups is 4. The van der Waals surface area contributed by atoms with E-state index >= 15 is 0 Å². The summed E-state index contributed by atoms with van der Waals surface area (Å²) in [5, 5.41) is 38.2. The minimum Gasteiger partial charge on any atom is -0.386 e. The second kappa shape index (κ2) is 5.69. The molecule has 1 fully saturated rings. The van der Waals surface area contributed by atoms with E-state index < -0.39 is 31.3 Å². The summed E-state index contributed by atoms with van der Waals surface area (Å²) in [7, 11) is -1.23. The van der Waals surface area contributed by atoms with Gasteiger partial charge in [-0.1, -0.05) is 21.9 Å². The van der Waals surface area contributed by atoms with Crippen molar-refractivity contribution >= 4 is 16.5 Å². The predicted molar refractivity (Wildman–Crippen MR) is 59.0 cm³/mol. The molecule has 1 aliphatic heterocycles. The number of rotatable bonds is 3. The van der Waals surface area contributed by atoms with Gasteiger partial charge in [0.25, 0.3) is 0 Å². The third kappa shape index (κ3) is 2.85. The smallest absolute Gasteiger partial charge is 0.105 e. The number of hydrogen-bond acceptors (Lipinski definition) is 4. The third-order valence-electron chi connectivity index (χ3n) is 2.36. The molecule has 1 heterocycles. The molecule has 1 rings (SSSR count). The minimum atomic E-state index is -1.06. The maximum absolute atomic E-state index is 9.67. The van der Waals surface area contributed by atoms with Gasteiger partial charge in [-0.15, -0.1) is 0 Å². The first-order valence-electron chi connectivity index (χ1n) is 4.82. The molecule has 14 heavy (non-hydrogen) atoms. The van der Waals surface area contributed by atoms with Crippen LogP contribution in [0.5, 0.6) is 0 Å². The molecule has 6 heteroatoms. The molecule has 0 spiro atoms. The van der Waals surface area contributed by atoms with Gasteiger partial charge in [-0.25, -0.2) is 0 Å². The van der Waals surface area contributed by atoms with Gasteiger partial charge in [-0.3, -0.25) is 0 Å². The lowest BCUT2D eigenvalue weighted by molar-refractivity contribution is 0.0817. The normalized spacial score (nSPS) is 45.6. The highest BCUT2D eigenvalue weighted by Gasteiger charge is 2.41. The molecule has 0 aliphatic carbocycles. The van der Waals surface area contributed by atoms with Gasteiger partial charge >= 0.3 is 0 Å². The predicted octanol–water partition coefficient (Wildman–Crippen LogP) is 0.234. The first kappa shape index (κ1) is 12.8. The third-order valence-corrected chi connectivity index (χ3v) is 6.99. The van der Waals surface area contributed by atoms with E-state index in [0.717, 1.165) is 12.8 Å². The van der Waals surface area contributed by atoms with Gasteiger partial charge in [0.15, 0.2) is 0 Å². The summed E-state index contributed by atoms with van der Waals surface area (Å²) in [6.07, 6.45) is 2.63. The molecule has 0 radical (unpaired) electrons. The summed E-state index contributed by atoms with van der Waals surface area (Å²) in [5.41, 5.74) is 0. The zero-order valence-corrected chi connectivity index (χ0v) is 10.1. The Hall–Kier alpha value is 0.700. The molecular weight excluding hydrogens is 222 g/mol. The van der Waals surface area contributed by atoms with Gasteiger partial charge in [0, 0.05) is 0 Å². The van der Waals surface area contributed by atoms with E-state index in [1.165, 1.54) is 0 Å². The topological polar surface area (TPSA) is 80.9 Å². The van der Waals surface area contributed by atoms with Crippen LogP contribution < -0.4 is 0 Å². The summed E-state index contributed by atoms with van der Waals surface area (Å²) < 4.78 is 0. The largest absolute Gasteiger partial charge is 0.386 e. The summed E-state index contributed by atoms with van der Waals surface area (Å²) in [5.74, 6) is -3.35. The molecule has 0 bridgehead atoms. The zero-order valence-electron chi connectivity index (χ0n) is 8.17. The van der Waals surface area contributed by atoms with Crippen LogP contribution in [0.15, 0.2) is 0 Å². The van der Waals surface area contributed by atoms with Crippen LogP contribution in [0, 0.1) is 0 Å². The van der Waals surface area contributed by atoms with Gasteiger partial charge < -0.3 is 20.4 Å². The van der Waals surface area contributed by atoms with Crippen LogP contribution in [0.2, 0.25) is 0 Å². The van der Waals surface area contributed by atoms with Crippen molar-refractivity contribution in [1.29, 1.82) is 0 Å². The Balaban J connectivity index is 2.57. The number of hydrogen-bond donors (Lipinski definition) is 4. The second-order valence-corrected chi connectivity index (χ2v) is 7.53. The van der Waals surface area contributed by atoms with Crippen LogP contribution in [0.4, 0.5) is 0 Å². The SMILES string of the molecule is CCCCP1C(O)C(O)PC(O)C1O. The van der Waals surface area contributed by atoms with Crippen molar-refractivity contribution < 1.29 is 20.4 Å². The maximum atomic E-state index is 9.67. The molecule has 4 N–H and O–H groups in total.